The van der Waals surface area contributed by atoms with Crippen LogP contribution in [-0.4, -0.2) is 39.3 Å². The lowest BCUT2D eigenvalue weighted by Gasteiger charge is -2.39. The molecule has 4 rings (SSSR count). The van der Waals surface area contributed by atoms with Gasteiger partial charge in [0.05, 0.1) is 11.7 Å². The molecule has 3 aromatic rings. The van der Waals surface area contributed by atoms with Crippen LogP contribution in [0.2, 0.25) is 0 Å². The summed E-state index contributed by atoms with van der Waals surface area (Å²) in [4.78, 5) is 15.2. The first-order valence-corrected chi connectivity index (χ1v) is 9.85. The van der Waals surface area contributed by atoms with E-state index in [9.17, 15) is 4.79 Å². The molecule has 1 fully saturated rings. The average molecular weight is 375 g/mol. The van der Waals surface area contributed by atoms with Gasteiger partial charge in [0.2, 0.25) is 0 Å². The molecule has 2 atom stereocenters. The fourth-order valence-corrected chi connectivity index (χ4v) is 3.83. The maximum absolute atomic E-state index is 13.2. The number of likely N-dealkylation sites (tertiary alicyclic amines) is 1. The molecule has 5 nitrogen and oxygen atoms in total. The Morgan fingerprint density at radius 2 is 1.86 bits per heavy atom. The summed E-state index contributed by atoms with van der Waals surface area (Å²) in [6.07, 6.45) is 6.69. The van der Waals surface area contributed by atoms with Crippen LogP contribution >= 0.6 is 0 Å². The van der Waals surface area contributed by atoms with Crippen LogP contribution in [0.4, 0.5) is 0 Å². The second-order valence-corrected chi connectivity index (χ2v) is 7.20. The summed E-state index contributed by atoms with van der Waals surface area (Å²) < 4.78 is 7.92. The Bertz CT molecular complexity index is 891. The Hall–Kier alpha value is -3.08. The smallest absolute Gasteiger partial charge is 0.254 e. The van der Waals surface area contributed by atoms with Gasteiger partial charge in [0.25, 0.3) is 5.91 Å². The van der Waals surface area contributed by atoms with E-state index in [1.807, 2.05) is 71.8 Å². The first-order chi connectivity index (χ1) is 13.7. The highest BCUT2D eigenvalue weighted by atomic mass is 16.5. The number of hydrogen-bond acceptors (Lipinski definition) is 3. The van der Waals surface area contributed by atoms with Crippen LogP contribution in [-0.2, 0) is 0 Å². The fourth-order valence-electron chi connectivity index (χ4n) is 3.83. The summed E-state index contributed by atoms with van der Waals surface area (Å²) >= 11 is 0. The van der Waals surface area contributed by atoms with Gasteiger partial charge >= 0.3 is 0 Å². The van der Waals surface area contributed by atoms with Crippen LogP contribution in [0.15, 0.2) is 73.1 Å². The van der Waals surface area contributed by atoms with E-state index in [2.05, 4.69) is 12.0 Å². The van der Waals surface area contributed by atoms with Gasteiger partial charge in [0.1, 0.15) is 11.9 Å². The predicted octanol–water partition coefficient (Wildman–Crippen LogP) is 4.33. The molecule has 0 N–H and O–H groups in total. The monoisotopic (exact) mass is 375 g/mol. The SMILES string of the molecule is CC(Oc1ccccc1)C1CCCCN1C(=O)c1ccc(-n2cccn2)cc1. The van der Waals surface area contributed by atoms with Gasteiger partial charge in [-0.2, -0.15) is 5.10 Å². The lowest BCUT2D eigenvalue weighted by Crippen LogP contribution is -2.50. The maximum atomic E-state index is 13.2. The lowest BCUT2D eigenvalue weighted by molar-refractivity contribution is 0.0353. The van der Waals surface area contributed by atoms with E-state index in [4.69, 9.17) is 4.74 Å². The average Bonchev–Trinajstić information content (AvgIpc) is 3.29. The first-order valence-electron chi connectivity index (χ1n) is 9.85. The van der Waals surface area contributed by atoms with E-state index in [0.717, 1.165) is 37.2 Å². The molecular formula is C23H25N3O2. The number of para-hydroxylation sites is 1. The summed E-state index contributed by atoms with van der Waals surface area (Å²) in [7, 11) is 0. The van der Waals surface area contributed by atoms with Crippen LogP contribution in [0, 0.1) is 0 Å². The second-order valence-electron chi connectivity index (χ2n) is 7.20. The molecule has 0 spiro atoms. The van der Waals surface area contributed by atoms with Crippen molar-refractivity contribution in [1.82, 2.24) is 14.7 Å². The zero-order valence-corrected chi connectivity index (χ0v) is 16.1. The Labute approximate surface area is 165 Å². The van der Waals surface area contributed by atoms with Crippen LogP contribution in [0.5, 0.6) is 5.75 Å². The summed E-state index contributed by atoms with van der Waals surface area (Å²) in [5.41, 5.74) is 1.65. The van der Waals surface area contributed by atoms with E-state index >= 15 is 0 Å². The van der Waals surface area contributed by atoms with Gasteiger partial charge in [-0.05, 0) is 68.7 Å². The Morgan fingerprint density at radius 3 is 2.57 bits per heavy atom. The van der Waals surface area contributed by atoms with Crippen molar-refractivity contribution in [3.8, 4) is 11.4 Å². The van der Waals surface area contributed by atoms with Gasteiger partial charge in [-0.3, -0.25) is 4.79 Å². The molecule has 2 unspecified atom stereocenters. The molecule has 1 aromatic heterocycles. The molecule has 0 radical (unpaired) electrons. The highest BCUT2D eigenvalue weighted by Crippen LogP contribution is 2.25. The topological polar surface area (TPSA) is 47.4 Å². The molecule has 5 heteroatoms. The molecule has 1 aliphatic rings. The quantitative estimate of drug-likeness (QED) is 0.667. The largest absolute Gasteiger partial charge is 0.489 e. The standard InChI is InChI=1S/C23H25N3O2/c1-18(28-21-8-3-2-4-9-21)22-10-5-6-16-25(22)23(27)19-11-13-20(14-12-19)26-17-7-15-24-26/h2-4,7-9,11-15,17-18,22H,5-6,10,16H2,1H3. The van der Waals surface area contributed by atoms with Crippen molar-refractivity contribution >= 4 is 5.91 Å². The van der Waals surface area contributed by atoms with Crippen LogP contribution < -0.4 is 4.74 Å². The van der Waals surface area contributed by atoms with Crippen LogP contribution in [0.3, 0.4) is 0 Å². The molecule has 0 bridgehead atoms. The molecule has 28 heavy (non-hydrogen) atoms. The number of ether oxygens (including phenoxy) is 1. The third-order valence-corrected chi connectivity index (χ3v) is 5.30. The zero-order chi connectivity index (χ0) is 19.3. The molecule has 1 amide bonds. The number of piperidine rings is 1. The minimum Gasteiger partial charge on any atom is -0.489 e. The van der Waals surface area contributed by atoms with Crippen molar-refractivity contribution < 1.29 is 9.53 Å². The fraction of sp³-hybridized carbons (Fsp3) is 0.304. The van der Waals surface area contributed by atoms with E-state index in [0.29, 0.717) is 5.56 Å². The normalized spacial score (nSPS) is 17.9. The predicted molar refractivity (Wildman–Crippen MR) is 109 cm³/mol. The summed E-state index contributed by atoms with van der Waals surface area (Å²) in [6, 6.07) is 19.4. The van der Waals surface area contributed by atoms with E-state index in [1.54, 1.807) is 10.9 Å². The molecule has 2 aromatic carbocycles. The van der Waals surface area contributed by atoms with E-state index < -0.39 is 0 Å². The van der Waals surface area contributed by atoms with Crippen molar-refractivity contribution in [3.05, 3.63) is 78.6 Å². The van der Waals surface area contributed by atoms with Crippen LogP contribution in [0.25, 0.3) is 5.69 Å². The first kappa shape index (κ1) is 18.3. The van der Waals surface area contributed by atoms with E-state index in [1.165, 1.54) is 0 Å². The van der Waals surface area contributed by atoms with Crippen molar-refractivity contribution in [2.45, 2.75) is 38.3 Å². The van der Waals surface area contributed by atoms with Crippen LogP contribution in [0.1, 0.15) is 36.5 Å². The molecule has 1 saturated heterocycles. The van der Waals surface area contributed by atoms with Crippen molar-refractivity contribution in [3.63, 3.8) is 0 Å². The zero-order valence-electron chi connectivity index (χ0n) is 16.1. The van der Waals surface area contributed by atoms with Gasteiger partial charge in [-0.15, -0.1) is 0 Å². The van der Waals surface area contributed by atoms with Gasteiger partial charge in [-0.25, -0.2) is 4.68 Å². The lowest BCUT2D eigenvalue weighted by atomic mass is 9.96. The number of nitrogens with zero attached hydrogens (tertiary/aromatic N) is 3. The third kappa shape index (κ3) is 3.93. The molecule has 0 aliphatic carbocycles. The summed E-state index contributed by atoms with van der Waals surface area (Å²) in [6.45, 7) is 2.83. The Balaban J connectivity index is 1.49. The Kier molecular flexibility index (Phi) is 5.42. The van der Waals surface area contributed by atoms with Gasteiger partial charge in [-0.1, -0.05) is 18.2 Å². The molecule has 0 saturated carbocycles. The van der Waals surface area contributed by atoms with Gasteiger partial charge < -0.3 is 9.64 Å². The third-order valence-electron chi connectivity index (χ3n) is 5.30. The molecule has 144 valence electrons. The number of benzene rings is 2. The summed E-state index contributed by atoms with van der Waals surface area (Å²) in [5, 5.41) is 4.23. The number of carbonyl (C=O) groups is 1. The second kappa shape index (κ2) is 8.30. The van der Waals surface area contributed by atoms with Crippen molar-refractivity contribution in [2.24, 2.45) is 0 Å². The van der Waals surface area contributed by atoms with Gasteiger partial charge in [0.15, 0.2) is 0 Å². The highest BCUT2D eigenvalue weighted by Gasteiger charge is 2.32. The minimum absolute atomic E-state index is 0.0602. The number of amides is 1. The summed E-state index contributed by atoms with van der Waals surface area (Å²) in [5.74, 6) is 0.914. The molecular weight excluding hydrogens is 350 g/mol. The number of hydrogen-bond donors (Lipinski definition) is 0. The molecule has 1 aliphatic heterocycles. The number of rotatable bonds is 5. The van der Waals surface area contributed by atoms with E-state index in [-0.39, 0.29) is 18.1 Å². The maximum Gasteiger partial charge on any atom is 0.254 e. The van der Waals surface area contributed by atoms with Crippen molar-refractivity contribution in [2.75, 3.05) is 6.54 Å². The number of aromatic nitrogens is 2. The number of carbonyl (C=O) groups excluding carboxylic acids is 1. The minimum atomic E-state index is -0.0602. The highest BCUT2D eigenvalue weighted by molar-refractivity contribution is 5.94. The molecule has 2 heterocycles. The van der Waals surface area contributed by atoms with Crippen molar-refractivity contribution in [1.29, 1.82) is 0 Å². The Morgan fingerprint density at radius 1 is 1.07 bits per heavy atom. The van der Waals surface area contributed by atoms with Gasteiger partial charge in [0, 0.05) is 24.5 Å².